The van der Waals surface area contributed by atoms with Crippen LogP contribution in [-0.4, -0.2) is 10.9 Å². The maximum Gasteiger partial charge on any atom is 0.228 e. The van der Waals surface area contributed by atoms with Crippen LogP contribution in [0, 0.1) is 29.1 Å². The number of hydrogen-bond acceptors (Lipinski definition) is 2. The Bertz CT molecular complexity index is 897. The molecule has 0 spiro atoms. The van der Waals surface area contributed by atoms with Gasteiger partial charge < -0.3 is 5.32 Å². The summed E-state index contributed by atoms with van der Waals surface area (Å²) in [7, 11) is 0. The van der Waals surface area contributed by atoms with E-state index in [9.17, 15) is 4.79 Å². The van der Waals surface area contributed by atoms with Crippen molar-refractivity contribution in [1.82, 2.24) is 4.98 Å². The van der Waals surface area contributed by atoms with Crippen LogP contribution in [0.4, 0.5) is 5.69 Å². The van der Waals surface area contributed by atoms with Gasteiger partial charge in [0.05, 0.1) is 5.92 Å². The van der Waals surface area contributed by atoms with E-state index in [4.69, 9.17) is 0 Å². The molecule has 0 unspecified atom stereocenters. The summed E-state index contributed by atoms with van der Waals surface area (Å²) in [6, 6.07) is 13.3. The lowest BCUT2D eigenvalue weighted by molar-refractivity contribution is -0.118. The summed E-state index contributed by atoms with van der Waals surface area (Å²) >= 11 is 0. The van der Waals surface area contributed by atoms with Gasteiger partial charge in [-0.05, 0) is 61.4 Å². The molecule has 1 aliphatic rings. The molecule has 1 aromatic carbocycles. The second-order valence-electron chi connectivity index (χ2n) is 7.60. The van der Waals surface area contributed by atoms with E-state index in [2.05, 4.69) is 55.9 Å². The van der Waals surface area contributed by atoms with E-state index in [1.165, 1.54) is 5.57 Å². The van der Waals surface area contributed by atoms with E-state index in [1.54, 1.807) is 6.20 Å². The van der Waals surface area contributed by atoms with Crippen molar-refractivity contribution in [1.29, 1.82) is 0 Å². The van der Waals surface area contributed by atoms with Gasteiger partial charge in [-0.1, -0.05) is 43.5 Å². The Kier molecular flexibility index (Phi) is 4.95. The lowest BCUT2D eigenvalue weighted by atomic mass is 10.1. The molecule has 3 nitrogen and oxygen atoms in total. The van der Waals surface area contributed by atoms with Crippen LogP contribution < -0.4 is 5.32 Å². The minimum absolute atomic E-state index is 0.0117. The molecule has 1 amide bonds. The largest absolute Gasteiger partial charge is 0.326 e. The van der Waals surface area contributed by atoms with Crippen molar-refractivity contribution < 1.29 is 4.79 Å². The number of benzene rings is 1. The highest BCUT2D eigenvalue weighted by molar-refractivity contribution is 5.95. The summed E-state index contributed by atoms with van der Waals surface area (Å²) in [5, 5.41) is 3.05. The molecule has 0 bridgehead atoms. The first-order valence-corrected chi connectivity index (χ1v) is 8.87. The van der Waals surface area contributed by atoms with Gasteiger partial charge >= 0.3 is 0 Å². The van der Waals surface area contributed by atoms with Crippen LogP contribution in [-0.2, 0) is 4.79 Å². The molecular weight excluding hydrogens is 320 g/mol. The number of amides is 1. The molecule has 1 aliphatic carbocycles. The Morgan fingerprint density at radius 1 is 1.15 bits per heavy atom. The van der Waals surface area contributed by atoms with Crippen LogP contribution in [0.3, 0.4) is 0 Å². The molecule has 2 atom stereocenters. The molecule has 1 saturated carbocycles. The fraction of sp³-hybridized carbons (Fsp3) is 0.304. The highest BCUT2D eigenvalue weighted by Gasteiger charge is 2.60. The number of nitrogens with zero attached hydrogens (tertiary/aromatic N) is 1. The number of rotatable bonds is 3. The third-order valence-electron chi connectivity index (χ3n) is 4.84. The Labute approximate surface area is 155 Å². The van der Waals surface area contributed by atoms with Crippen molar-refractivity contribution in [2.45, 2.75) is 27.7 Å². The lowest BCUT2D eigenvalue weighted by Gasteiger charge is -2.06. The Balaban J connectivity index is 1.71. The molecule has 3 heteroatoms. The molecule has 1 N–H and O–H groups in total. The average molecular weight is 344 g/mol. The number of aromatic nitrogens is 1. The van der Waals surface area contributed by atoms with E-state index in [0.29, 0.717) is 5.92 Å². The first-order valence-electron chi connectivity index (χ1n) is 8.87. The molecule has 132 valence electrons. The van der Waals surface area contributed by atoms with Crippen molar-refractivity contribution in [2.75, 3.05) is 5.32 Å². The number of carbonyl (C=O) groups is 1. The minimum Gasteiger partial charge on any atom is -0.326 e. The summed E-state index contributed by atoms with van der Waals surface area (Å²) < 4.78 is 0. The van der Waals surface area contributed by atoms with Crippen molar-refractivity contribution in [3.8, 4) is 11.8 Å². The van der Waals surface area contributed by atoms with Gasteiger partial charge in [-0.3, -0.25) is 4.79 Å². The second kappa shape index (κ2) is 7.17. The zero-order chi connectivity index (χ0) is 18.7. The van der Waals surface area contributed by atoms with Crippen molar-refractivity contribution in [2.24, 2.45) is 17.3 Å². The molecule has 2 aromatic rings. The fourth-order valence-corrected chi connectivity index (χ4v) is 3.32. The fourth-order valence-electron chi connectivity index (χ4n) is 3.32. The molecular formula is C23H24N2O. The third kappa shape index (κ3) is 4.03. The van der Waals surface area contributed by atoms with E-state index in [-0.39, 0.29) is 17.2 Å². The van der Waals surface area contributed by atoms with Crippen molar-refractivity contribution in [3.05, 3.63) is 71.6 Å². The number of anilines is 1. The van der Waals surface area contributed by atoms with E-state index in [1.807, 2.05) is 42.5 Å². The summed E-state index contributed by atoms with van der Waals surface area (Å²) in [5.41, 5.74) is 3.62. The summed E-state index contributed by atoms with van der Waals surface area (Å²) in [6.45, 7) is 8.45. The van der Waals surface area contributed by atoms with Crippen LogP contribution >= 0.6 is 0 Å². The molecule has 26 heavy (non-hydrogen) atoms. The summed E-state index contributed by atoms with van der Waals surface area (Å²) in [6.07, 6.45) is 3.93. The zero-order valence-corrected chi connectivity index (χ0v) is 15.7. The van der Waals surface area contributed by atoms with Crippen molar-refractivity contribution >= 4 is 11.6 Å². The molecule has 1 heterocycles. The first-order chi connectivity index (χ1) is 12.4. The van der Waals surface area contributed by atoms with Crippen LogP contribution in [0.5, 0.6) is 0 Å². The van der Waals surface area contributed by atoms with Crippen LogP contribution in [0.2, 0.25) is 0 Å². The summed E-state index contributed by atoms with van der Waals surface area (Å²) in [5.74, 6) is 6.53. The minimum atomic E-state index is 0.0117. The molecule has 0 radical (unpaired) electrons. The monoisotopic (exact) mass is 344 g/mol. The topological polar surface area (TPSA) is 42.0 Å². The predicted octanol–water partition coefficient (Wildman–Crippen LogP) is 4.66. The quantitative estimate of drug-likeness (QED) is 0.650. The standard InChI is InChI=1S/C23H24N2O/c1-16(2)14-20-21(23(20,3)4)22(26)25-19-10-7-8-17(15-19)11-12-18-9-5-6-13-24-18/h5-10,13-15,20-21H,1-4H3,(H,25,26)/t20-,21+/m0/s1. The lowest BCUT2D eigenvalue weighted by Crippen LogP contribution is -2.16. The summed E-state index contributed by atoms with van der Waals surface area (Å²) in [4.78, 5) is 16.9. The van der Waals surface area contributed by atoms with Gasteiger partial charge in [-0.25, -0.2) is 4.98 Å². The van der Waals surface area contributed by atoms with Gasteiger partial charge in [-0.15, -0.1) is 0 Å². The van der Waals surface area contributed by atoms with E-state index < -0.39 is 0 Å². The van der Waals surface area contributed by atoms with Gasteiger partial charge in [0.2, 0.25) is 5.91 Å². The SMILES string of the molecule is CC(C)=C[C@H]1[C@H](C(=O)Nc2cccc(C#Cc3ccccn3)c2)C1(C)C. The number of allylic oxidation sites excluding steroid dienone is 2. The van der Waals surface area contributed by atoms with Crippen LogP contribution in [0.25, 0.3) is 0 Å². The number of hydrogen-bond donors (Lipinski definition) is 1. The zero-order valence-electron chi connectivity index (χ0n) is 15.7. The predicted molar refractivity (Wildman–Crippen MR) is 105 cm³/mol. The first kappa shape index (κ1) is 17.9. The van der Waals surface area contributed by atoms with Gasteiger partial charge in [-0.2, -0.15) is 0 Å². The molecule has 3 rings (SSSR count). The van der Waals surface area contributed by atoms with E-state index in [0.717, 1.165) is 16.9 Å². The average Bonchev–Trinajstić information content (AvgIpc) is 3.14. The number of nitrogens with one attached hydrogen (secondary N) is 1. The van der Waals surface area contributed by atoms with Crippen LogP contribution in [0.1, 0.15) is 39.0 Å². The Hall–Kier alpha value is -2.86. The third-order valence-corrected chi connectivity index (χ3v) is 4.84. The van der Waals surface area contributed by atoms with Gasteiger partial charge in [0.25, 0.3) is 0 Å². The maximum absolute atomic E-state index is 12.7. The second-order valence-corrected chi connectivity index (χ2v) is 7.60. The normalized spacial score (nSPS) is 19.7. The Morgan fingerprint density at radius 2 is 1.96 bits per heavy atom. The molecule has 0 saturated heterocycles. The van der Waals surface area contributed by atoms with Crippen LogP contribution in [0.15, 0.2) is 60.3 Å². The number of carbonyl (C=O) groups excluding carboxylic acids is 1. The highest BCUT2D eigenvalue weighted by Crippen LogP contribution is 2.59. The van der Waals surface area contributed by atoms with E-state index >= 15 is 0 Å². The molecule has 0 aliphatic heterocycles. The smallest absolute Gasteiger partial charge is 0.228 e. The maximum atomic E-state index is 12.7. The Morgan fingerprint density at radius 3 is 2.65 bits per heavy atom. The van der Waals surface area contributed by atoms with Crippen molar-refractivity contribution in [3.63, 3.8) is 0 Å². The molecule has 1 fully saturated rings. The molecule has 1 aromatic heterocycles. The number of pyridine rings is 1. The van der Waals surface area contributed by atoms with Gasteiger partial charge in [0.1, 0.15) is 5.69 Å². The van der Waals surface area contributed by atoms with Gasteiger partial charge in [0.15, 0.2) is 0 Å². The highest BCUT2D eigenvalue weighted by atomic mass is 16.2. The van der Waals surface area contributed by atoms with Gasteiger partial charge in [0, 0.05) is 17.4 Å².